The number of amides is 1. The summed E-state index contributed by atoms with van der Waals surface area (Å²) in [6, 6.07) is 5.21. The lowest BCUT2D eigenvalue weighted by molar-refractivity contribution is -0.384. The highest BCUT2D eigenvalue weighted by Crippen LogP contribution is 2.14. The molecule has 0 saturated carbocycles. The number of hydrogen-bond donors (Lipinski definition) is 3. The second-order valence-corrected chi connectivity index (χ2v) is 4.14. The third-order valence-electron chi connectivity index (χ3n) is 2.43. The van der Waals surface area contributed by atoms with Crippen LogP contribution < -0.4 is 5.32 Å². The van der Waals surface area contributed by atoms with Gasteiger partial charge in [0, 0.05) is 17.7 Å². The van der Waals surface area contributed by atoms with Crippen molar-refractivity contribution in [3.63, 3.8) is 0 Å². The molecule has 18 heavy (non-hydrogen) atoms. The Kier molecular flexibility index (Phi) is 4.35. The molecule has 0 saturated heterocycles. The van der Waals surface area contributed by atoms with E-state index >= 15 is 0 Å². The van der Waals surface area contributed by atoms with E-state index in [9.17, 15) is 14.9 Å². The summed E-state index contributed by atoms with van der Waals surface area (Å²) in [4.78, 5) is 21.8. The maximum absolute atomic E-state index is 11.8. The fourth-order valence-electron chi connectivity index (χ4n) is 1.24. The Morgan fingerprint density at radius 1 is 1.44 bits per heavy atom. The van der Waals surface area contributed by atoms with Gasteiger partial charge in [0.15, 0.2) is 0 Å². The van der Waals surface area contributed by atoms with Crippen molar-refractivity contribution in [2.24, 2.45) is 0 Å². The van der Waals surface area contributed by atoms with Crippen LogP contribution >= 0.6 is 0 Å². The number of nitrogens with zero attached hydrogens (tertiary/aromatic N) is 1. The van der Waals surface area contributed by atoms with Crippen LogP contribution in [0.3, 0.4) is 0 Å². The number of aliphatic hydroxyl groups is 2. The molecule has 0 bridgehead atoms. The molecule has 98 valence electrons. The van der Waals surface area contributed by atoms with Gasteiger partial charge in [-0.15, -0.1) is 0 Å². The topological polar surface area (TPSA) is 113 Å². The van der Waals surface area contributed by atoms with E-state index in [4.69, 9.17) is 10.2 Å². The van der Waals surface area contributed by atoms with Crippen molar-refractivity contribution in [1.29, 1.82) is 0 Å². The number of non-ortho nitro benzene ring substituents is 1. The monoisotopic (exact) mass is 254 g/mol. The van der Waals surface area contributed by atoms with Crippen molar-refractivity contribution in [3.05, 3.63) is 39.9 Å². The van der Waals surface area contributed by atoms with Gasteiger partial charge in [-0.1, -0.05) is 6.07 Å². The highest BCUT2D eigenvalue weighted by Gasteiger charge is 2.25. The van der Waals surface area contributed by atoms with Gasteiger partial charge in [0.25, 0.3) is 11.6 Å². The second kappa shape index (κ2) is 5.56. The molecule has 7 heteroatoms. The Balaban J connectivity index is 2.91. The van der Waals surface area contributed by atoms with Crippen molar-refractivity contribution >= 4 is 11.6 Å². The molecule has 0 aliphatic heterocycles. The van der Waals surface area contributed by atoms with E-state index in [0.29, 0.717) is 0 Å². The molecule has 1 aromatic carbocycles. The van der Waals surface area contributed by atoms with Gasteiger partial charge in [-0.3, -0.25) is 14.9 Å². The molecule has 0 aliphatic rings. The van der Waals surface area contributed by atoms with Crippen molar-refractivity contribution in [1.82, 2.24) is 5.32 Å². The van der Waals surface area contributed by atoms with Crippen LogP contribution in [-0.4, -0.2) is 39.8 Å². The minimum Gasteiger partial charge on any atom is -0.394 e. The van der Waals surface area contributed by atoms with Crippen molar-refractivity contribution in [2.75, 3.05) is 13.2 Å². The number of benzene rings is 1. The van der Waals surface area contributed by atoms with Crippen LogP contribution in [0.5, 0.6) is 0 Å². The van der Waals surface area contributed by atoms with E-state index < -0.39 is 29.6 Å². The molecule has 0 unspecified atom stereocenters. The highest BCUT2D eigenvalue weighted by atomic mass is 16.6. The Hall–Kier alpha value is -1.99. The number of carbonyl (C=O) groups excluding carboxylic acids is 1. The van der Waals surface area contributed by atoms with Crippen LogP contribution in [0.1, 0.15) is 17.3 Å². The van der Waals surface area contributed by atoms with Crippen LogP contribution in [0.15, 0.2) is 24.3 Å². The normalized spacial score (nSPS) is 11.1. The lowest BCUT2D eigenvalue weighted by atomic mass is 10.0. The van der Waals surface area contributed by atoms with E-state index in [0.717, 1.165) is 6.07 Å². The van der Waals surface area contributed by atoms with Gasteiger partial charge < -0.3 is 15.5 Å². The summed E-state index contributed by atoms with van der Waals surface area (Å²) in [5.74, 6) is -0.593. The molecule has 0 heterocycles. The zero-order valence-corrected chi connectivity index (χ0v) is 9.79. The second-order valence-electron chi connectivity index (χ2n) is 4.14. The molecule has 0 aliphatic carbocycles. The smallest absolute Gasteiger partial charge is 0.270 e. The number of nitro groups is 1. The molecular weight excluding hydrogens is 240 g/mol. The predicted octanol–water partition coefficient (Wildman–Crippen LogP) is 0.0679. The lowest BCUT2D eigenvalue weighted by Crippen LogP contribution is -2.51. The summed E-state index contributed by atoms with van der Waals surface area (Å²) in [7, 11) is 0. The fraction of sp³-hybridized carbons (Fsp3) is 0.364. The fourth-order valence-corrected chi connectivity index (χ4v) is 1.24. The van der Waals surface area contributed by atoms with E-state index in [2.05, 4.69) is 5.32 Å². The van der Waals surface area contributed by atoms with Crippen molar-refractivity contribution < 1.29 is 19.9 Å². The van der Waals surface area contributed by atoms with Gasteiger partial charge in [0.05, 0.1) is 23.7 Å². The van der Waals surface area contributed by atoms with Crippen molar-refractivity contribution in [3.8, 4) is 0 Å². The lowest BCUT2D eigenvalue weighted by Gasteiger charge is -2.26. The third kappa shape index (κ3) is 3.25. The van der Waals surface area contributed by atoms with E-state index in [1.165, 1.54) is 25.1 Å². The first-order valence-corrected chi connectivity index (χ1v) is 5.20. The predicted molar refractivity (Wildman–Crippen MR) is 63.1 cm³/mol. The third-order valence-corrected chi connectivity index (χ3v) is 2.43. The molecule has 0 atom stereocenters. The number of aliphatic hydroxyl groups excluding tert-OH is 2. The summed E-state index contributed by atoms with van der Waals surface area (Å²) in [6.07, 6.45) is 0. The zero-order valence-electron chi connectivity index (χ0n) is 9.79. The molecule has 1 aromatic rings. The summed E-state index contributed by atoms with van der Waals surface area (Å²) < 4.78 is 0. The highest BCUT2D eigenvalue weighted by molar-refractivity contribution is 5.95. The summed E-state index contributed by atoms with van der Waals surface area (Å²) in [5, 5.41) is 31.1. The van der Waals surface area contributed by atoms with Gasteiger partial charge in [-0.2, -0.15) is 0 Å². The van der Waals surface area contributed by atoms with Crippen molar-refractivity contribution in [2.45, 2.75) is 12.5 Å². The molecule has 0 aromatic heterocycles. The number of nitrogens with one attached hydrogen (secondary N) is 1. The maximum atomic E-state index is 11.8. The van der Waals surface area contributed by atoms with E-state index in [1.807, 2.05) is 0 Å². The molecule has 1 amide bonds. The first-order valence-electron chi connectivity index (χ1n) is 5.20. The SMILES string of the molecule is CC(CO)(CO)NC(=O)c1cccc([N+](=O)[O-])c1. The largest absolute Gasteiger partial charge is 0.394 e. The van der Waals surface area contributed by atoms with Gasteiger partial charge >= 0.3 is 0 Å². The maximum Gasteiger partial charge on any atom is 0.270 e. The quantitative estimate of drug-likeness (QED) is 0.508. The van der Waals surface area contributed by atoms with Gasteiger partial charge in [0.2, 0.25) is 0 Å². The first kappa shape index (κ1) is 14.1. The average Bonchev–Trinajstić information content (AvgIpc) is 2.38. The van der Waals surface area contributed by atoms with Crippen LogP contribution in [-0.2, 0) is 0 Å². The van der Waals surface area contributed by atoms with Gasteiger partial charge in [-0.25, -0.2) is 0 Å². The number of carbonyl (C=O) groups is 1. The Bertz CT molecular complexity index is 457. The molecular formula is C11H14N2O5. The van der Waals surface area contributed by atoms with Gasteiger partial charge in [0.1, 0.15) is 0 Å². The zero-order chi connectivity index (χ0) is 13.8. The molecule has 1 rings (SSSR count). The Labute approximate surface area is 103 Å². The molecule has 7 nitrogen and oxygen atoms in total. The summed E-state index contributed by atoms with van der Waals surface area (Å²) in [6.45, 7) is 0.580. The summed E-state index contributed by atoms with van der Waals surface area (Å²) in [5.41, 5.74) is -1.27. The minimum atomic E-state index is -1.16. The molecule has 0 radical (unpaired) electrons. The average molecular weight is 254 g/mol. The van der Waals surface area contributed by atoms with E-state index in [1.54, 1.807) is 0 Å². The number of rotatable bonds is 5. The number of nitro benzene ring substituents is 1. The minimum absolute atomic E-state index is 0.0947. The standard InChI is InChI=1S/C11H14N2O5/c1-11(6-14,7-15)12-10(16)8-3-2-4-9(5-8)13(17)18/h2-5,14-15H,6-7H2,1H3,(H,12,16). The van der Waals surface area contributed by atoms with Crippen LogP contribution in [0, 0.1) is 10.1 Å². The number of hydrogen-bond acceptors (Lipinski definition) is 5. The van der Waals surface area contributed by atoms with Crippen LogP contribution in [0.25, 0.3) is 0 Å². The van der Waals surface area contributed by atoms with Gasteiger partial charge in [-0.05, 0) is 13.0 Å². The molecule has 0 spiro atoms. The van der Waals surface area contributed by atoms with Crippen LogP contribution in [0.4, 0.5) is 5.69 Å². The molecule has 3 N–H and O–H groups in total. The Morgan fingerprint density at radius 2 is 2.06 bits per heavy atom. The van der Waals surface area contributed by atoms with E-state index in [-0.39, 0.29) is 11.3 Å². The Morgan fingerprint density at radius 3 is 2.56 bits per heavy atom. The first-order chi connectivity index (χ1) is 8.41. The summed E-state index contributed by atoms with van der Waals surface area (Å²) >= 11 is 0. The molecule has 0 fully saturated rings. The van der Waals surface area contributed by atoms with Crippen LogP contribution in [0.2, 0.25) is 0 Å².